The number of carbonyl (C=O) groups excluding carboxylic acids is 2. The first kappa shape index (κ1) is 22.7. The van der Waals surface area contributed by atoms with E-state index in [0.29, 0.717) is 31.7 Å². The van der Waals surface area contributed by atoms with E-state index < -0.39 is 0 Å². The van der Waals surface area contributed by atoms with E-state index in [2.05, 4.69) is 27.6 Å². The van der Waals surface area contributed by atoms with Gasteiger partial charge >= 0.3 is 0 Å². The number of rotatable bonds is 11. The summed E-state index contributed by atoms with van der Waals surface area (Å²) in [5, 5.41) is 10.4. The van der Waals surface area contributed by atoms with Gasteiger partial charge in [-0.25, -0.2) is 4.68 Å². The molecule has 2 fully saturated rings. The molecule has 1 saturated carbocycles. The topological polar surface area (TPSA) is 88.5 Å². The zero-order valence-corrected chi connectivity index (χ0v) is 18.6. The molecule has 1 unspecified atom stereocenters. The molecule has 8 heteroatoms. The second-order valence-corrected chi connectivity index (χ2v) is 8.90. The van der Waals surface area contributed by atoms with E-state index in [9.17, 15) is 9.59 Å². The van der Waals surface area contributed by atoms with Crippen molar-refractivity contribution < 1.29 is 14.3 Å². The van der Waals surface area contributed by atoms with Gasteiger partial charge in [-0.05, 0) is 71.9 Å². The Labute approximate surface area is 179 Å². The quantitative estimate of drug-likeness (QED) is 0.538. The Hall–Kier alpha value is -1.93. The molecule has 2 amide bonds. The van der Waals surface area contributed by atoms with Gasteiger partial charge in [0.15, 0.2) is 0 Å². The molecule has 2 N–H and O–H groups in total. The molecule has 1 aliphatic carbocycles. The minimum Gasteiger partial charge on any atom is -0.379 e. The van der Waals surface area contributed by atoms with Gasteiger partial charge in [0.2, 0.25) is 11.8 Å². The summed E-state index contributed by atoms with van der Waals surface area (Å²) in [6.45, 7) is 9.38. The van der Waals surface area contributed by atoms with Crippen LogP contribution in [0.1, 0.15) is 58.9 Å². The van der Waals surface area contributed by atoms with Gasteiger partial charge in [-0.2, -0.15) is 5.10 Å². The van der Waals surface area contributed by atoms with Crippen LogP contribution in [0.4, 0.5) is 5.82 Å². The summed E-state index contributed by atoms with van der Waals surface area (Å²) >= 11 is 0. The number of hydrogen-bond donors (Lipinski definition) is 2. The molecule has 1 saturated heterocycles. The molecule has 0 radical (unpaired) electrons. The van der Waals surface area contributed by atoms with E-state index in [4.69, 9.17) is 4.74 Å². The highest BCUT2D eigenvalue weighted by Crippen LogP contribution is 2.40. The molecule has 1 aromatic heterocycles. The van der Waals surface area contributed by atoms with Crippen molar-refractivity contribution in [2.75, 3.05) is 38.1 Å². The van der Waals surface area contributed by atoms with Crippen molar-refractivity contribution in [3.8, 4) is 0 Å². The Morgan fingerprint density at radius 3 is 2.60 bits per heavy atom. The highest BCUT2D eigenvalue weighted by atomic mass is 16.5. The molecule has 0 bridgehead atoms. The first-order valence-corrected chi connectivity index (χ1v) is 11.4. The molecule has 30 heavy (non-hydrogen) atoms. The predicted molar refractivity (Wildman–Crippen MR) is 116 cm³/mol. The zero-order valence-electron chi connectivity index (χ0n) is 18.6. The third kappa shape index (κ3) is 6.80. The van der Waals surface area contributed by atoms with Crippen LogP contribution in [0.3, 0.4) is 0 Å². The first-order valence-electron chi connectivity index (χ1n) is 11.4. The summed E-state index contributed by atoms with van der Waals surface area (Å²) in [5.74, 6) is 1.59. The number of carbonyl (C=O) groups is 2. The van der Waals surface area contributed by atoms with Crippen LogP contribution >= 0.6 is 0 Å². The van der Waals surface area contributed by atoms with Gasteiger partial charge in [-0.15, -0.1) is 0 Å². The SMILES string of the molecule is CC(C)OCCCNC(=O)C1CCN(CC(=O)Nc2ccnn2C(C)C2CC2)CC1. The average molecular weight is 420 g/mol. The van der Waals surface area contributed by atoms with E-state index in [0.717, 1.165) is 38.2 Å². The van der Waals surface area contributed by atoms with Gasteiger partial charge in [0, 0.05) is 25.1 Å². The molecule has 2 aliphatic rings. The maximum atomic E-state index is 12.5. The number of hydrogen-bond acceptors (Lipinski definition) is 5. The minimum absolute atomic E-state index is 0.0206. The number of ether oxygens (including phenoxy) is 1. The Morgan fingerprint density at radius 2 is 1.93 bits per heavy atom. The Bertz CT molecular complexity index is 693. The summed E-state index contributed by atoms with van der Waals surface area (Å²) in [5.41, 5.74) is 0. The van der Waals surface area contributed by atoms with Crippen LogP contribution in [0.15, 0.2) is 12.3 Å². The molecule has 0 aromatic carbocycles. The Kier molecular flexibility index (Phi) is 8.27. The van der Waals surface area contributed by atoms with Gasteiger partial charge in [0.05, 0.1) is 24.9 Å². The first-order chi connectivity index (χ1) is 14.4. The monoisotopic (exact) mass is 419 g/mol. The summed E-state index contributed by atoms with van der Waals surface area (Å²) in [6, 6.07) is 2.18. The number of nitrogens with zero attached hydrogens (tertiary/aromatic N) is 3. The molecular weight excluding hydrogens is 382 g/mol. The lowest BCUT2D eigenvalue weighted by molar-refractivity contribution is -0.126. The van der Waals surface area contributed by atoms with Crippen LogP contribution in [0.5, 0.6) is 0 Å². The van der Waals surface area contributed by atoms with Gasteiger partial charge in [-0.1, -0.05) is 0 Å². The lowest BCUT2D eigenvalue weighted by Crippen LogP contribution is -2.43. The lowest BCUT2D eigenvalue weighted by Gasteiger charge is -2.30. The van der Waals surface area contributed by atoms with Crippen LogP contribution in [0.25, 0.3) is 0 Å². The fraction of sp³-hybridized carbons (Fsp3) is 0.773. The Morgan fingerprint density at radius 1 is 1.20 bits per heavy atom. The summed E-state index contributed by atoms with van der Waals surface area (Å²) in [7, 11) is 0. The second-order valence-electron chi connectivity index (χ2n) is 8.90. The molecule has 1 atom stereocenters. The molecule has 1 aromatic rings. The smallest absolute Gasteiger partial charge is 0.239 e. The molecule has 2 heterocycles. The van der Waals surface area contributed by atoms with Crippen molar-refractivity contribution in [3.63, 3.8) is 0 Å². The van der Waals surface area contributed by atoms with Gasteiger partial charge in [-0.3, -0.25) is 14.5 Å². The van der Waals surface area contributed by atoms with Crippen molar-refractivity contribution in [1.29, 1.82) is 0 Å². The van der Waals surface area contributed by atoms with Crippen molar-refractivity contribution in [2.45, 2.75) is 65.0 Å². The maximum Gasteiger partial charge on any atom is 0.239 e. The van der Waals surface area contributed by atoms with Crippen LogP contribution in [-0.2, 0) is 14.3 Å². The van der Waals surface area contributed by atoms with Crippen molar-refractivity contribution in [1.82, 2.24) is 20.0 Å². The van der Waals surface area contributed by atoms with Crippen LogP contribution in [-0.4, -0.2) is 65.4 Å². The van der Waals surface area contributed by atoms with Crippen LogP contribution in [0, 0.1) is 11.8 Å². The van der Waals surface area contributed by atoms with E-state index in [1.165, 1.54) is 12.8 Å². The van der Waals surface area contributed by atoms with Gasteiger partial charge < -0.3 is 15.4 Å². The summed E-state index contributed by atoms with van der Waals surface area (Å²) < 4.78 is 7.42. The fourth-order valence-electron chi connectivity index (χ4n) is 4.00. The van der Waals surface area contributed by atoms with E-state index in [-0.39, 0.29) is 23.8 Å². The molecule has 3 rings (SSSR count). The van der Waals surface area contributed by atoms with Crippen molar-refractivity contribution in [2.24, 2.45) is 11.8 Å². The number of likely N-dealkylation sites (tertiary alicyclic amines) is 1. The van der Waals surface area contributed by atoms with Crippen molar-refractivity contribution >= 4 is 17.6 Å². The normalized spacial score (nSPS) is 19.1. The number of amides is 2. The van der Waals surface area contributed by atoms with E-state index >= 15 is 0 Å². The Balaban J connectivity index is 1.34. The number of anilines is 1. The predicted octanol–water partition coefficient (Wildman–Crippen LogP) is 2.44. The van der Waals surface area contributed by atoms with E-state index in [1.807, 2.05) is 24.6 Å². The average Bonchev–Trinajstić information content (AvgIpc) is 3.47. The minimum atomic E-state index is -0.0206. The number of aromatic nitrogens is 2. The fourth-order valence-corrected chi connectivity index (χ4v) is 4.00. The summed E-state index contributed by atoms with van der Waals surface area (Å²) in [6.07, 6.45) is 6.86. The molecule has 0 spiro atoms. The number of nitrogens with one attached hydrogen (secondary N) is 2. The van der Waals surface area contributed by atoms with Gasteiger partial charge in [0.25, 0.3) is 0 Å². The molecular formula is C22H37N5O3. The van der Waals surface area contributed by atoms with Crippen LogP contribution < -0.4 is 10.6 Å². The zero-order chi connectivity index (χ0) is 21.5. The molecule has 1 aliphatic heterocycles. The molecule has 8 nitrogen and oxygen atoms in total. The van der Waals surface area contributed by atoms with Gasteiger partial charge in [0.1, 0.15) is 5.82 Å². The van der Waals surface area contributed by atoms with E-state index in [1.54, 1.807) is 6.20 Å². The standard InChI is InChI=1S/C22H37N5O3/c1-16(2)30-14-4-10-23-22(29)19-8-12-26(13-9-19)15-21(28)25-20-7-11-24-27(20)17(3)18-5-6-18/h7,11,16-19H,4-6,8-10,12-15H2,1-3H3,(H,23,29)(H,25,28). The summed E-state index contributed by atoms with van der Waals surface area (Å²) in [4.78, 5) is 27.0. The van der Waals surface area contributed by atoms with Crippen LogP contribution in [0.2, 0.25) is 0 Å². The number of piperidine rings is 1. The largest absolute Gasteiger partial charge is 0.379 e. The maximum absolute atomic E-state index is 12.5. The highest BCUT2D eigenvalue weighted by Gasteiger charge is 2.31. The molecule has 168 valence electrons. The highest BCUT2D eigenvalue weighted by molar-refractivity contribution is 5.91. The second kappa shape index (κ2) is 10.9. The van der Waals surface area contributed by atoms with Crippen molar-refractivity contribution in [3.05, 3.63) is 12.3 Å². The lowest BCUT2D eigenvalue weighted by atomic mass is 9.96. The third-order valence-corrected chi connectivity index (χ3v) is 6.02. The third-order valence-electron chi connectivity index (χ3n) is 6.02.